The largest absolute Gasteiger partial charge is 0.385 e. The second kappa shape index (κ2) is 4.93. The molecule has 2 heterocycles. The molecular formula is C16H21N3O. The fourth-order valence-electron chi connectivity index (χ4n) is 2.62. The Balaban J connectivity index is 1.94. The average molecular weight is 271 g/mol. The van der Waals surface area contributed by atoms with Crippen LogP contribution >= 0.6 is 0 Å². The molecule has 1 aliphatic heterocycles. The highest BCUT2D eigenvalue weighted by Crippen LogP contribution is 2.32. The highest BCUT2D eigenvalue weighted by Gasteiger charge is 2.20. The van der Waals surface area contributed by atoms with Gasteiger partial charge in [-0.1, -0.05) is 32.0 Å². The maximum Gasteiger partial charge on any atom is 0.258 e. The zero-order valence-corrected chi connectivity index (χ0v) is 12.4. The van der Waals surface area contributed by atoms with E-state index in [9.17, 15) is 0 Å². The molecule has 4 nitrogen and oxygen atoms in total. The predicted octanol–water partition coefficient (Wildman–Crippen LogP) is 3.68. The fraction of sp³-hybridized carbons (Fsp3) is 0.500. The Morgan fingerprint density at radius 1 is 1.30 bits per heavy atom. The standard InChI is InChI=1S/C16H21N3O/c1-16(2,3)10-14-18-15(20-19-14)12-6-4-8-13-11(12)7-5-9-17-13/h4,6,8,17H,5,7,9-10H2,1-3H3. The summed E-state index contributed by atoms with van der Waals surface area (Å²) in [5.41, 5.74) is 3.73. The summed E-state index contributed by atoms with van der Waals surface area (Å²) in [5.74, 6) is 1.43. The molecule has 0 spiro atoms. The summed E-state index contributed by atoms with van der Waals surface area (Å²) < 4.78 is 5.47. The molecule has 1 aromatic carbocycles. The van der Waals surface area contributed by atoms with Gasteiger partial charge >= 0.3 is 0 Å². The van der Waals surface area contributed by atoms with Crippen molar-refractivity contribution in [3.63, 3.8) is 0 Å². The number of hydrogen-bond donors (Lipinski definition) is 1. The number of anilines is 1. The minimum Gasteiger partial charge on any atom is -0.385 e. The number of hydrogen-bond acceptors (Lipinski definition) is 4. The van der Waals surface area contributed by atoms with E-state index in [1.54, 1.807) is 0 Å². The van der Waals surface area contributed by atoms with E-state index in [-0.39, 0.29) is 5.41 Å². The van der Waals surface area contributed by atoms with E-state index in [4.69, 9.17) is 4.52 Å². The molecule has 0 bridgehead atoms. The molecule has 2 aromatic rings. The lowest BCUT2D eigenvalue weighted by Gasteiger charge is -2.19. The Labute approximate surface area is 119 Å². The average Bonchev–Trinajstić information content (AvgIpc) is 2.84. The van der Waals surface area contributed by atoms with Crippen molar-refractivity contribution in [3.05, 3.63) is 29.6 Å². The van der Waals surface area contributed by atoms with Crippen molar-refractivity contribution in [2.45, 2.75) is 40.0 Å². The van der Waals surface area contributed by atoms with Crippen molar-refractivity contribution >= 4 is 5.69 Å². The van der Waals surface area contributed by atoms with Gasteiger partial charge < -0.3 is 9.84 Å². The van der Waals surface area contributed by atoms with Gasteiger partial charge in [-0.05, 0) is 36.0 Å². The topological polar surface area (TPSA) is 51.0 Å². The van der Waals surface area contributed by atoms with Crippen LogP contribution < -0.4 is 5.32 Å². The molecule has 0 fully saturated rings. The molecule has 3 rings (SSSR count). The third-order valence-electron chi connectivity index (χ3n) is 3.48. The summed E-state index contributed by atoms with van der Waals surface area (Å²) in [6, 6.07) is 6.23. The highest BCUT2D eigenvalue weighted by atomic mass is 16.5. The van der Waals surface area contributed by atoms with Crippen LogP contribution in [0, 0.1) is 5.41 Å². The Bertz CT molecular complexity index is 610. The Hall–Kier alpha value is -1.84. The summed E-state index contributed by atoms with van der Waals surface area (Å²) >= 11 is 0. The Morgan fingerprint density at radius 3 is 2.95 bits per heavy atom. The van der Waals surface area contributed by atoms with Gasteiger partial charge in [-0.25, -0.2) is 0 Å². The van der Waals surface area contributed by atoms with Crippen molar-refractivity contribution in [1.29, 1.82) is 0 Å². The maximum absolute atomic E-state index is 5.47. The van der Waals surface area contributed by atoms with E-state index in [1.165, 1.54) is 11.3 Å². The van der Waals surface area contributed by atoms with Gasteiger partial charge in [-0.15, -0.1) is 0 Å². The lowest BCUT2D eigenvalue weighted by Crippen LogP contribution is -2.12. The molecule has 1 N–H and O–H groups in total. The van der Waals surface area contributed by atoms with E-state index >= 15 is 0 Å². The molecule has 4 heteroatoms. The summed E-state index contributed by atoms with van der Waals surface area (Å²) in [4.78, 5) is 4.57. The Morgan fingerprint density at radius 2 is 2.15 bits per heavy atom. The first-order valence-electron chi connectivity index (χ1n) is 7.22. The number of benzene rings is 1. The molecule has 0 radical (unpaired) electrons. The normalized spacial score (nSPS) is 14.8. The van der Waals surface area contributed by atoms with Gasteiger partial charge in [0.05, 0.1) is 0 Å². The zero-order chi connectivity index (χ0) is 14.2. The van der Waals surface area contributed by atoms with Crippen molar-refractivity contribution < 1.29 is 4.52 Å². The number of fused-ring (bicyclic) bond motifs is 1. The van der Waals surface area contributed by atoms with Crippen molar-refractivity contribution in [2.24, 2.45) is 5.41 Å². The summed E-state index contributed by atoms with van der Waals surface area (Å²) in [5, 5.41) is 7.55. The summed E-state index contributed by atoms with van der Waals surface area (Å²) in [7, 11) is 0. The van der Waals surface area contributed by atoms with E-state index in [2.05, 4.69) is 48.4 Å². The zero-order valence-electron chi connectivity index (χ0n) is 12.4. The number of nitrogens with zero attached hydrogens (tertiary/aromatic N) is 2. The first-order valence-corrected chi connectivity index (χ1v) is 7.22. The smallest absolute Gasteiger partial charge is 0.258 e. The van der Waals surface area contributed by atoms with Crippen molar-refractivity contribution in [1.82, 2.24) is 10.1 Å². The Kier molecular flexibility index (Phi) is 3.24. The van der Waals surface area contributed by atoms with Crippen LogP contribution in [-0.4, -0.2) is 16.7 Å². The van der Waals surface area contributed by atoms with Gasteiger partial charge in [0.15, 0.2) is 5.82 Å². The van der Waals surface area contributed by atoms with Crippen LogP contribution in [0.3, 0.4) is 0 Å². The third kappa shape index (κ3) is 2.69. The number of nitrogens with one attached hydrogen (secondary N) is 1. The highest BCUT2D eigenvalue weighted by molar-refractivity contribution is 5.69. The van der Waals surface area contributed by atoms with E-state index in [0.29, 0.717) is 5.89 Å². The van der Waals surface area contributed by atoms with Crippen LogP contribution in [0.5, 0.6) is 0 Å². The van der Waals surface area contributed by atoms with Gasteiger partial charge in [0, 0.05) is 24.2 Å². The molecule has 1 aliphatic rings. The second-order valence-electron chi connectivity index (χ2n) is 6.62. The lowest BCUT2D eigenvalue weighted by molar-refractivity contribution is 0.374. The van der Waals surface area contributed by atoms with Crippen molar-refractivity contribution in [2.75, 3.05) is 11.9 Å². The van der Waals surface area contributed by atoms with Gasteiger partial charge in [0.1, 0.15) is 0 Å². The monoisotopic (exact) mass is 271 g/mol. The molecule has 0 unspecified atom stereocenters. The van der Waals surface area contributed by atoms with E-state index < -0.39 is 0 Å². The molecule has 0 aliphatic carbocycles. The fourth-order valence-corrected chi connectivity index (χ4v) is 2.62. The quantitative estimate of drug-likeness (QED) is 0.905. The minimum absolute atomic E-state index is 0.165. The summed E-state index contributed by atoms with van der Waals surface area (Å²) in [6.07, 6.45) is 3.03. The van der Waals surface area contributed by atoms with E-state index in [1.807, 2.05) is 6.07 Å². The van der Waals surface area contributed by atoms with Crippen LogP contribution in [0.15, 0.2) is 22.7 Å². The van der Waals surface area contributed by atoms with Gasteiger partial charge in [-0.2, -0.15) is 4.98 Å². The van der Waals surface area contributed by atoms with Crippen LogP contribution in [-0.2, 0) is 12.8 Å². The second-order valence-corrected chi connectivity index (χ2v) is 6.62. The van der Waals surface area contributed by atoms with Gasteiger partial charge in [-0.3, -0.25) is 0 Å². The lowest BCUT2D eigenvalue weighted by atomic mass is 9.92. The van der Waals surface area contributed by atoms with Crippen LogP contribution in [0.2, 0.25) is 0 Å². The maximum atomic E-state index is 5.47. The van der Waals surface area contributed by atoms with Crippen LogP contribution in [0.25, 0.3) is 11.5 Å². The minimum atomic E-state index is 0.165. The molecule has 0 amide bonds. The molecule has 0 saturated heterocycles. The molecule has 20 heavy (non-hydrogen) atoms. The third-order valence-corrected chi connectivity index (χ3v) is 3.48. The molecule has 106 valence electrons. The number of rotatable bonds is 2. The van der Waals surface area contributed by atoms with Crippen LogP contribution in [0.4, 0.5) is 5.69 Å². The van der Waals surface area contributed by atoms with Crippen molar-refractivity contribution in [3.8, 4) is 11.5 Å². The van der Waals surface area contributed by atoms with Crippen LogP contribution in [0.1, 0.15) is 38.6 Å². The first kappa shape index (κ1) is 13.2. The van der Waals surface area contributed by atoms with Gasteiger partial charge in [0.2, 0.25) is 0 Å². The first-order chi connectivity index (χ1) is 9.53. The van der Waals surface area contributed by atoms with E-state index in [0.717, 1.165) is 37.2 Å². The molecule has 1 aromatic heterocycles. The molecule has 0 atom stereocenters. The summed E-state index contributed by atoms with van der Waals surface area (Å²) in [6.45, 7) is 7.57. The molecular weight excluding hydrogens is 250 g/mol. The SMILES string of the molecule is CC(C)(C)Cc1noc(-c2cccc3c2CCCN3)n1. The molecule has 0 saturated carbocycles. The van der Waals surface area contributed by atoms with Gasteiger partial charge in [0.25, 0.3) is 5.89 Å². The predicted molar refractivity (Wildman–Crippen MR) is 79.7 cm³/mol. The number of aromatic nitrogens is 2.